The summed E-state index contributed by atoms with van der Waals surface area (Å²) in [7, 11) is 0. The maximum atomic E-state index is 12.8. The van der Waals surface area contributed by atoms with E-state index in [4.69, 9.17) is 0 Å². The minimum Gasteiger partial charge on any atom is -0.315 e. The van der Waals surface area contributed by atoms with Crippen molar-refractivity contribution in [3.63, 3.8) is 0 Å². The Hall–Kier alpha value is -0.890. The summed E-state index contributed by atoms with van der Waals surface area (Å²) in [5.74, 6) is 0.521. The van der Waals surface area contributed by atoms with Crippen molar-refractivity contribution in [2.45, 2.75) is 20.3 Å². The van der Waals surface area contributed by atoms with Gasteiger partial charge in [-0.25, -0.2) is 4.39 Å². The zero-order valence-electron chi connectivity index (χ0n) is 9.39. The molecule has 1 nitrogen and oxygen atoms in total. The minimum absolute atomic E-state index is 0.149. The number of nitrogens with one attached hydrogen (secondary N) is 1. The topological polar surface area (TPSA) is 12.0 Å². The summed E-state index contributed by atoms with van der Waals surface area (Å²) >= 11 is 0. The molecule has 1 aliphatic rings. The summed E-state index contributed by atoms with van der Waals surface area (Å²) in [5, 5.41) is 3.34. The second-order valence-corrected chi connectivity index (χ2v) is 4.92. The lowest BCUT2D eigenvalue weighted by Gasteiger charge is -2.46. The SMILES string of the molecule is CC(C)C1(Cc2ccc(F)cc2)CNC1. The van der Waals surface area contributed by atoms with Gasteiger partial charge in [0.1, 0.15) is 5.82 Å². The van der Waals surface area contributed by atoms with Crippen LogP contribution in [0.4, 0.5) is 4.39 Å². The maximum absolute atomic E-state index is 12.8. The summed E-state index contributed by atoms with van der Waals surface area (Å²) in [4.78, 5) is 0. The van der Waals surface area contributed by atoms with E-state index >= 15 is 0 Å². The molecular weight excluding hydrogens is 189 g/mol. The predicted octanol–water partition coefficient (Wildman–Crippen LogP) is 2.61. The van der Waals surface area contributed by atoms with Gasteiger partial charge >= 0.3 is 0 Å². The lowest BCUT2D eigenvalue weighted by atomic mass is 9.68. The Morgan fingerprint density at radius 2 is 1.87 bits per heavy atom. The standard InChI is InChI=1S/C13H18FN/c1-10(2)13(8-15-9-13)7-11-3-5-12(14)6-4-11/h3-6,10,15H,7-9H2,1-2H3. The van der Waals surface area contributed by atoms with Crippen molar-refractivity contribution < 1.29 is 4.39 Å². The van der Waals surface area contributed by atoms with Gasteiger partial charge in [0, 0.05) is 18.5 Å². The van der Waals surface area contributed by atoms with Crippen molar-refractivity contribution >= 4 is 0 Å². The number of rotatable bonds is 3. The third kappa shape index (κ3) is 2.05. The van der Waals surface area contributed by atoms with E-state index in [1.165, 1.54) is 5.56 Å². The fourth-order valence-electron chi connectivity index (χ4n) is 2.19. The van der Waals surface area contributed by atoms with E-state index in [1.54, 1.807) is 12.1 Å². The van der Waals surface area contributed by atoms with Crippen molar-refractivity contribution in [3.05, 3.63) is 35.6 Å². The molecule has 1 N–H and O–H groups in total. The van der Waals surface area contributed by atoms with Crippen molar-refractivity contribution in [2.24, 2.45) is 11.3 Å². The van der Waals surface area contributed by atoms with Crippen LogP contribution in [0.2, 0.25) is 0 Å². The van der Waals surface area contributed by atoms with Gasteiger partial charge in [0.2, 0.25) is 0 Å². The van der Waals surface area contributed by atoms with Crippen LogP contribution in [0.15, 0.2) is 24.3 Å². The van der Waals surface area contributed by atoms with Gasteiger partial charge in [-0.2, -0.15) is 0 Å². The molecule has 0 aliphatic carbocycles. The molecule has 0 spiro atoms. The lowest BCUT2D eigenvalue weighted by molar-refractivity contribution is 0.0994. The highest BCUT2D eigenvalue weighted by atomic mass is 19.1. The molecule has 1 fully saturated rings. The Bertz CT molecular complexity index is 325. The zero-order valence-corrected chi connectivity index (χ0v) is 9.39. The van der Waals surface area contributed by atoms with E-state index in [0.717, 1.165) is 19.5 Å². The zero-order chi connectivity index (χ0) is 10.9. The number of halogens is 1. The maximum Gasteiger partial charge on any atom is 0.123 e. The monoisotopic (exact) mass is 207 g/mol. The van der Waals surface area contributed by atoms with Crippen LogP contribution >= 0.6 is 0 Å². The van der Waals surface area contributed by atoms with E-state index in [0.29, 0.717) is 11.3 Å². The van der Waals surface area contributed by atoms with Crippen LogP contribution in [0.3, 0.4) is 0 Å². The van der Waals surface area contributed by atoms with E-state index in [-0.39, 0.29) is 5.82 Å². The Morgan fingerprint density at radius 3 is 2.27 bits per heavy atom. The molecule has 0 radical (unpaired) electrons. The second kappa shape index (κ2) is 3.93. The highest BCUT2D eigenvalue weighted by molar-refractivity contribution is 5.19. The molecule has 2 heteroatoms. The molecule has 0 amide bonds. The molecule has 82 valence electrons. The molecule has 1 aromatic rings. The van der Waals surface area contributed by atoms with Crippen molar-refractivity contribution in [1.29, 1.82) is 0 Å². The van der Waals surface area contributed by atoms with Crippen molar-refractivity contribution in [3.8, 4) is 0 Å². The average Bonchev–Trinajstić information content (AvgIpc) is 2.13. The molecule has 1 saturated heterocycles. The molecule has 0 bridgehead atoms. The number of benzene rings is 1. The molecule has 1 aliphatic heterocycles. The highest BCUT2D eigenvalue weighted by Gasteiger charge is 2.39. The molecule has 0 saturated carbocycles. The Balaban J connectivity index is 2.10. The van der Waals surface area contributed by atoms with Gasteiger partial charge in [-0.3, -0.25) is 0 Å². The average molecular weight is 207 g/mol. The van der Waals surface area contributed by atoms with Gasteiger partial charge in [0.05, 0.1) is 0 Å². The molecule has 0 atom stereocenters. The first-order valence-electron chi connectivity index (χ1n) is 5.58. The highest BCUT2D eigenvalue weighted by Crippen LogP contribution is 2.35. The van der Waals surface area contributed by atoms with Crippen LogP contribution in [0.25, 0.3) is 0 Å². The molecule has 0 unspecified atom stereocenters. The quantitative estimate of drug-likeness (QED) is 0.803. The van der Waals surface area contributed by atoms with Crippen LogP contribution in [0.5, 0.6) is 0 Å². The van der Waals surface area contributed by atoms with Crippen LogP contribution in [0, 0.1) is 17.2 Å². The fraction of sp³-hybridized carbons (Fsp3) is 0.538. The third-order valence-corrected chi connectivity index (χ3v) is 3.65. The van der Waals surface area contributed by atoms with Gasteiger partial charge in [0.15, 0.2) is 0 Å². The Labute approximate surface area is 90.7 Å². The van der Waals surface area contributed by atoms with Gasteiger partial charge in [0.25, 0.3) is 0 Å². The van der Waals surface area contributed by atoms with Gasteiger partial charge in [-0.1, -0.05) is 26.0 Å². The first-order valence-corrected chi connectivity index (χ1v) is 5.58. The van der Waals surface area contributed by atoms with E-state index in [1.807, 2.05) is 12.1 Å². The molecule has 1 aromatic carbocycles. The summed E-state index contributed by atoms with van der Waals surface area (Å²) in [5.41, 5.74) is 1.63. The second-order valence-electron chi connectivity index (χ2n) is 4.92. The molecule has 0 aromatic heterocycles. The normalized spacial score (nSPS) is 18.9. The molecular formula is C13H18FN. The largest absolute Gasteiger partial charge is 0.315 e. The number of hydrogen-bond acceptors (Lipinski definition) is 1. The molecule has 15 heavy (non-hydrogen) atoms. The summed E-state index contributed by atoms with van der Waals surface area (Å²) in [6.07, 6.45) is 1.05. The van der Waals surface area contributed by atoms with Crippen LogP contribution < -0.4 is 5.32 Å². The van der Waals surface area contributed by atoms with E-state index < -0.39 is 0 Å². The van der Waals surface area contributed by atoms with Gasteiger partial charge in [-0.15, -0.1) is 0 Å². The van der Waals surface area contributed by atoms with Crippen LogP contribution in [-0.4, -0.2) is 13.1 Å². The van der Waals surface area contributed by atoms with Crippen molar-refractivity contribution in [1.82, 2.24) is 5.32 Å². The molecule has 1 heterocycles. The number of hydrogen-bond donors (Lipinski definition) is 1. The summed E-state index contributed by atoms with van der Waals surface area (Å²) < 4.78 is 12.8. The van der Waals surface area contributed by atoms with Gasteiger partial charge in [-0.05, 0) is 30.0 Å². The predicted molar refractivity (Wildman–Crippen MR) is 60.2 cm³/mol. The van der Waals surface area contributed by atoms with Crippen molar-refractivity contribution in [2.75, 3.05) is 13.1 Å². The first-order chi connectivity index (χ1) is 7.12. The molecule has 2 rings (SSSR count). The van der Waals surface area contributed by atoms with E-state index in [9.17, 15) is 4.39 Å². The fourth-order valence-corrected chi connectivity index (χ4v) is 2.19. The summed E-state index contributed by atoms with van der Waals surface area (Å²) in [6.45, 7) is 6.71. The smallest absolute Gasteiger partial charge is 0.123 e. The van der Waals surface area contributed by atoms with Crippen LogP contribution in [0.1, 0.15) is 19.4 Å². The van der Waals surface area contributed by atoms with Crippen LogP contribution in [-0.2, 0) is 6.42 Å². The van der Waals surface area contributed by atoms with E-state index in [2.05, 4.69) is 19.2 Å². The third-order valence-electron chi connectivity index (χ3n) is 3.65. The lowest BCUT2D eigenvalue weighted by Crippen LogP contribution is -2.57. The first kappa shape index (κ1) is 10.6. The minimum atomic E-state index is -0.149. The Kier molecular flexibility index (Phi) is 2.79. The summed E-state index contributed by atoms with van der Waals surface area (Å²) in [6, 6.07) is 6.90. The van der Waals surface area contributed by atoms with Gasteiger partial charge < -0.3 is 5.32 Å². The Morgan fingerprint density at radius 1 is 1.27 bits per heavy atom.